The SMILES string of the molecule is Clc1ccc2c(c1)Cn1cccc1C(C1CCNCC1)O2. The number of fused-ring (bicyclic) bond motifs is 2. The summed E-state index contributed by atoms with van der Waals surface area (Å²) in [6.45, 7) is 3.00. The van der Waals surface area contributed by atoms with Crippen LogP contribution in [0, 0.1) is 5.92 Å². The lowest BCUT2D eigenvalue weighted by atomic mass is 9.90. The molecule has 1 aromatic heterocycles. The van der Waals surface area contributed by atoms with E-state index in [0.29, 0.717) is 5.92 Å². The van der Waals surface area contributed by atoms with Crippen molar-refractivity contribution in [1.29, 1.82) is 0 Å². The monoisotopic (exact) mass is 302 g/mol. The van der Waals surface area contributed by atoms with Crippen molar-refractivity contribution in [3.63, 3.8) is 0 Å². The second kappa shape index (κ2) is 5.39. The second-order valence-electron chi connectivity index (χ2n) is 5.94. The highest BCUT2D eigenvalue weighted by Gasteiger charge is 2.31. The molecular formula is C17H19ClN2O. The van der Waals surface area contributed by atoms with E-state index in [4.69, 9.17) is 16.3 Å². The molecule has 0 bridgehead atoms. The third-order valence-electron chi connectivity index (χ3n) is 4.59. The molecule has 0 saturated carbocycles. The van der Waals surface area contributed by atoms with Crippen molar-refractivity contribution in [1.82, 2.24) is 9.88 Å². The van der Waals surface area contributed by atoms with Gasteiger partial charge in [0.05, 0.1) is 12.2 Å². The van der Waals surface area contributed by atoms with Crippen LogP contribution in [0.15, 0.2) is 36.5 Å². The number of aromatic nitrogens is 1. The highest BCUT2D eigenvalue weighted by atomic mass is 35.5. The Balaban J connectivity index is 1.75. The van der Waals surface area contributed by atoms with Gasteiger partial charge in [-0.05, 0) is 56.3 Å². The van der Waals surface area contributed by atoms with Gasteiger partial charge in [0.25, 0.3) is 0 Å². The number of nitrogens with zero attached hydrogens (tertiary/aromatic N) is 1. The summed E-state index contributed by atoms with van der Waals surface area (Å²) in [5, 5.41) is 4.20. The minimum absolute atomic E-state index is 0.143. The zero-order valence-electron chi connectivity index (χ0n) is 11.9. The van der Waals surface area contributed by atoms with Gasteiger partial charge in [-0.1, -0.05) is 11.6 Å². The zero-order chi connectivity index (χ0) is 14.2. The summed E-state index contributed by atoms with van der Waals surface area (Å²) < 4.78 is 8.73. The summed E-state index contributed by atoms with van der Waals surface area (Å²) in [7, 11) is 0. The number of hydrogen-bond acceptors (Lipinski definition) is 2. The Bertz CT molecular complexity index is 646. The average molecular weight is 303 g/mol. The predicted octanol–water partition coefficient (Wildman–Crippen LogP) is 3.62. The van der Waals surface area contributed by atoms with Crippen molar-refractivity contribution in [3.05, 3.63) is 52.8 Å². The Kier molecular flexibility index (Phi) is 3.40. The quantitative estimate of drug-likeness (QED) is 0.871. The molecule has 1 unspecified atom stereocenters. The van der Waals surface area contributed by atoms with Crippen molar-refractivity contribution >= 4 is 11.6 Å². The molecular weight excluding hydrogens is 284 g/mol. The maximum atomic E-state index is 6.43. The lowest BCUT2D eigenvalue weighted by Crippen LogP contribution is -2.33. The van der Waals surface area contributed by atoms with Crippen molar-refractivity contribution in [3.8, 4) is 5.75 Å². The van der Waals surface area contributed by atoms with Gasteiger partial charge < -0.3 is 14.6 Å². The molecule has 2 aliphatic rings. The van der Waals surface area contributed by atoms with Crippen LogP contribution in [0.5, 0.6) is 5.75 Å². The van der Waals surface area contributed by atoms with Crippen molar-refractivity contribution in [2.75, 3.05) is 13.1 Å². The Morgan fingerprint density at radius 3 is 2.90 bits per heavy atom. The van der Waals surface area contributed by atoms with Crippen LogP contribution in [0.2, 0.25) is 5.02 Å². The van der Waals surface area contributed by atoms with Gasteiger partial charge in [0.1, 0.15) is 11.9 Å². The van der Waals surface area contributed by atoms with Gasteiger partial charge in [-0.2, -0.15) is 0 Å². The van der Waals surface area contributed by atoms with Gasteiger partial charge in [0.15, 0.2) is 0 Å². The molecule has 1 fully saturated rings. The number of nitrogens with one attached hydrogen (secondary N) is 1. The number of ether oxygens (including phenoxy) is 1. The van der Waals surface area contributed by atoms with Gasteiger partial charge in [-0.25, -0.2) is 0 Å². The van der Waals surface area contributed by atoms with Gasteiger partial charge >= 0.3 is 0 Å². The average Bonchev–Trinajstić information content (AvgIpc) is 2.90. The Labute approximate surface area is 129 Å². The predicted molar refractivity (Wildman–Crippen MR) is 83.9 cm³/mol. The first-order chi connectivity index (χ1) is 10.3. The fourth-order valence-corrected chi connectivity index (χ4v) is 3.68. The number of rotatable bonds is 1. The van der Waals surface area contributed by atoms with Crippen molar-refractivity contribution in [2.45, 2.75) is 25.5 Å². The molecule has 3 nitrogen and oxygen atoms in total. The van der Waals surface area contributed by atoms with E-state index in [2.05, 4.69) is 28.2 Å². The molecule has 2 aromatic rings. The molecule has 1 atom stereocenters. The highest BCUT2D eigenvalue weighted by Crippen LogP contribution is 2.38. The highest BCUT2D eigenvalue weighted by molar-refractivity contribution is 6.30. The van der Waals surface area contributed by atoms with Gasteiger partial charge in [-0.15, -0.1) is 0 Å². The van der Waals surface area contributed by atoms with Crippen molar-refractivity contribution < 1.29 is 4.74 Å². The standard InChI is InChI=1S/C17H19ClN2O/c18-14-3-4-16-13(10-14)11-20-9-1-2-15(20)17(21-16)12-5-7-19-8-6-12/h1-4,9-10,12,17,19H,5-8,11H2. The first-order valence-corrected chi connectivity index (χ1v) is 8.00. The molecule has 1 aromatic carbocycles. The molecule has 3 heterocycles. The number of benzene rings is 1. The van der Waals surface area contributed by atoms with E-state index in [1.165, 1.54) is 18.5 Å². The number of halogens is 1. The van der Waals surface area contributed by atoms with Gasteiger partial charge in [-0.3, -0.25) is 0 Å². The summed E-state index contributed by atoms with van der Waals surface area (Å²) in [5.74, 6) is 1.55. The van der Waals surface area contributed by atoms with Gasteiger partial charge in [0, 0.05) is 22.7 Å². The Hall–Kier alpha value is -1.45. The smallest absolute Gasteiger partial charge is 0.141 e. The second-order valence-corrected chi connectivity index (χ2v) is 6.38. The van der Waals surface area contributed by atoms with Crippen LogP contribution >= 0.6 is 11.6 Å². The van der Waals surface area contributed by atoms with E-state index in [-0.39, 0.29) is 6.10 Å². The lowest BCUT2D eigenvalue weighted by molar-refractivity contribution is 0.109. The molecule has 4 heteroatoms. The minimum Gasteiger partial charge on any atom is -0.484 e. The zero-order valence-corrected chi connectivity index (χ0v) is 12.6. The molecule has 1 saturated heterocycles. The van der Waals surface area contributed by atoms with Crippen LogP contribution in [0.1, 0.15) is 30.2 Å². The first kappa shape index (κ1) is 13.2. The van der Waals surface area contributed by atoms with Crippen LogP contribution in [-0.2, 0) is 6.54 Å². The van der Waals surface area contributed by atoms with E-state index < -0.39 is 0 Å². The molecule has 0 aliphatic carbocycles. The molecule has 21 heavy (non-hydrogen) atoms. The Morgan fingerprint density at radius 1 is 1.19 bits per heavy atom. The van der Waals surface area contributed by atoms with Crippen molar-refractivity contribution in [2.24, 2.45) is 5.92 Å². The molecule has 2 aliphatic heterocycles. The molecule has 0 radical (unpaired) electrons. The fourth-order valence-electron chi connectivity index (χ4n) is 3.48. The van der Waals surface area contributed by atoms with E-state index in [0.717, 1.165) is 36.0 Å². The summed E-state index contributed by atoms with van der Waals surface area (Å²) in [5.41, 5.74) is 2.45. The summed E-state index contributed by atoms with van der Waals surface area (Å²) in [6.07, 6.45) is 4.62. The fraction of sp³-hybridized carbons (Fsp3) is 0.412. The topological polar surface area (TPSA) is 26.2 Å². The van der Waals surface area contributed by atoms with Crippen LogP contribution in [0.25, 0.3) is 0 Å². The Morgan fingerprint density at radius 2 is 2.05 bits per heavy atom. The van der Waals surface area contributed by atoms with Gasteiger partial charge in [0.2, 0.25) is 0 Å². The molecule has 0 amide bonds. The van der Waals surface area contributed by atoms with Crippen LogP contribution < -0.4 is 10.1 Å². The minimum atomic E-state index is 0.143. The maximum Gasteiger partial charge on any atom is 0.141 e. The lowest BCUT2D eigenvalue weighted by Gasteiger charge is -2.30. The normalized spacial score (nSPS) is 22.0. The summed E-state index contributed by atoms with van der Waals surface area (Å²) >= 11 is 6.14. The summed E-state index contributed by atoms with van der Waals surface area (Å²) in [4.78, 5) is 0. The van der Waals surface area contributed by atoms with E-state index in [9.17, 15) is 0 Å². The van der Waals surface area contributed by atoms with Crippen LogP contribution in [0.4, 0.5) is 0 Å². The molecule has 110 valence electrons. The maximum absolute atomic E-state index is 6.43. The third-order valence-corrected chi connectivity index (χ3v) is 4.82. The number of piperidine rings is 1. The van der Waals surface area contributed by atoms with E-state index >= 15 is 0 Å². The molecule has 0 spiro atoms. The number of hydrogen-bond donors (Lipinski definition) is 1. The van der Waals surface area contributed by atoms with E-state index in [1.807, 2.05) is 18.2 Å². The first-order valence-electron chi connectivity index (χ1n) is 7.62. The molecule has 1 N–H and O–H groups in total. The van der Waals surface area contributed by atoms with Crippen LogP contribution in [0.3, 0.4) is 0 Å². The van der Waals surface area contributed by atoms with Crippen LogP contribution in [-0.4, -0.2) is 17.7 Å². The third kappa shape index (κ3) is 2.45. The van der Waals surface area contributed by atoms with E-state index in [1.54, 1.807) is 0 Å². The summed E-state index contributed by atoms with van der Waals surface area (Å²) in [6, 6.07) is 10.3. The largest absolute Gasteiger partial charge is 0.484 e. The molecule has 4 rings (SSSR count).